The lowest BCUT2D eigenvalue weighted by molar-refractivity contribution is -0.0886. The molecule has 1 N–H and O–H groups in total. The third kappa shape index (κ3) is 2.55. The number of carbonyl (C=O) groups excluding carboxylic acids is 1. The molecule has 1 saturated heterocycles. The van der Waals surface area contributed by atoms with Crippen LogP contribution in [0.5, 0.6) is 0 Å². The molecular formula is C16H19F2NO2. The molecule has 2 fully saturated rings. The zero-order chi connectivity index (χ0) is 15.0. The number of carbonyl (C=O) groups is 1. The van der Waals surface area contributed by atoms with Crippen molar-refractivity contribution in [3.8, 4) is 0 Å². The number of likely N-dealkylation sites (tertiary alicyclic amines) is 1. The summed E-state index contributed by atoms with van der Waals surface area (Å²) in [5.74, 6) is -2.54. The molecule has 0 radical (unpaired) electrons. The molecule has 1 aliphatic carbocycles. The van der Waals surface area contributed by atoms with E-state index in [1.807, 2.05) is 0 Å². The van der Waals surface area contributed by atoms with E-state index in [2.05, 4.69) is 0 Å². The van der Waals surface area contributed by atoms with Crippen LogP contribution in [0.2, 0.25) is 0 Å². The van der Waals surface area contributed by atoms with E-state index < -0.39 is 23.1 Å². The minimum Gasteiger partial charge on any atom is -0.389 e. The van der Waals surface area contributed by atoms with Crippen molar-refractivity contribution >= 4 is 5.91 Å². The normalized spacial score (nSPS) is 29.1. The van der Waals surface area contributed by atoms with Crippen molar-refractivity contribution in [2.45, 2.75) is 37.7 Å². The minimum atomic E-state index is -1.09. The molecule has 1 amide bonds. The molecule has 1 heterocycles. The third-order valence-corrected chi connectivity index (χ3v) is 4.90. The molecule has 0 aromatic heterocycles. The van der Waals surface area contributed by atoms with Gasteiger partial charge in [0.05, 0.1) is 11.2 Å². The van der Waals surface area contributed by atoms with E-state index in [9.17, 15) is 18.7 Å². The quantitative estimate of drug-likeness (QED) is 0.865. The number of benzene rings is 1. The Morgan fingerprint density at radius 3 is 2.90 bits per heavy atom. The SMILES string of the molecule is O=C(c1cccc(F)c1F)N1CCC2(O)CCCCC2C1. The molecule has 2 aliphatic rings. The van der Waals surface area contributed by atoms with Gasteiger partial charge in [-0.2, -0.15) is 0 Å². The average Bonchev–Trinajstić information content (AvgIpc) is 2.48. The van der Waals surface area contributed by atoms with Gasteiger partial charge in [-0.05, 0) is 31.4 Å². The first-order valence-corrected chi connectivity index (χ1v) is 7.47. The lowest BCUT2D eigenvalue weighted by Gasteiger charge is -2.47. The number of nitrogens with zero attached hydrogens (tertiary/aromatic N) is 1. The van der Waals surface area contributed by atoms with Crippen molar-refractivity contribution < 1.29 is 18.7 Å². The molecule has 3 rings (SSSR count). The summed E-state index contributed by atoms with van der Waals surface area (Å²) in [5.41, 5.74) is -0.911. The second kappa shape index (κ2) is 5.37. The van der Waals surface area contributed by atoms with E-state index >= 15 is 0 Å². The van der Waals surface area contributed by atoms with Gasteiger partial charge in [0.2, 0.25) is 0 Å². The smallest absolute Gasteiger partial charge is 0.256 e. The summed E-state index contributed by atoms with van der Waals surface area (Å²) in [6.07, 6.45) is 4.23. The maximum absolute atomic E-state index is 13.7. The van der Waals surface area contributed by atoms with E-state index in [4.69, 9.17) is 0 Å². The highest BCUT2D eigenvalue weighted by atomic mass is 19.2. The molecule has 114 valence electrons. The molecule has 5 heteroatoms. The van der Waals surface area contributed by atoms with E-state index in [0.717, 1.165) is 31.7 Å². The summed E-state index contributed by atoms with van der Waals surface area (Å²) in [6, 6.07) is 3.65. The molecule has 2 unspecified atom stereocenters. The van der Waals surface area contributed by atoms with Crippen molar-refractivity contribution in [1.29, 1.82) is 0 Å². The minimum absolute atomic E-state index is 0.0422. The Hall–Kier alpha value is -1.49. The second-order valence-corrected chi connectivity index (χ2v) is 6.15. The first-order valence-electron chi connectivity index (χ1n) is 7.47. The second-order valence-electron chi connectivity index (χ2n) is 6.15. The average molecular weight is 295 g/mol. The molecule has 1 aliphatic heterocycles. The van der Waals surface area contributed by atoms with Crippen molar-refractivity contribution in [3.63, 3.8) is 0 Å². The predicted octanol–water partition coefficient (Wildman–Crippen LogP) is 2.73. The number of piperidine rings is 1. The van der Waals surface area contributed by atoms with Crippen molar-refractivity contribution in [1.82, 2.24) is 4.90 Å². The maximum Gasteiger partial charge on any atom is 0.256 e. The molecule has 1 aromatic carbocycles. The lowest BCUT2D eigenvalue weighted by Crippen LogP contribution is -2.54. The van der Waals surface area contributed by atoms with E-state index in [1.54, 1.807) is 4.90 Å². The highest BCUT2D eigenvalue weighted by molar-refractivity contribution is 5.94. The number of amides is 1. The standard InChI is InChI=1S/C16H19F2NO2/c17-13-6-3-5-12(14(13)18)15(20)19-9-8-16(21)7-2-1-4-11(16)10-19/h3,5-6,11,21H,1-2,4,7-10H2. The third-order valence-electron chi connectivity index (χ3n) is 4.90. The summed E-state index contributed by atoms with van der Waals surface area (Å²) in [5, 5.41) is 10.6. The predicted molar refractivity (Wildman–Crippen MR) is 73.8 cm³/mol. The van der Waals surface area contributed by atoms with Crippen LogP contribution in [-0.4, -0.2) is 34.6 Å². The summed E-state index contributed by atoms with van der Waals surface area (Å²) in [4.78, 5) is 13.9. The molecule has 2 atom stereocenters. The van der Waals surface area contributed by atoms with Crippen LogP contribution >= 0.6 is 0 Å². The monoisotopic (exact) mass is 295 g/mol. The number of hydrogen-bond donors (Lipinski definition) is 1. The molecule has 1 saturated carbocycles. The van der Waals surface area contributed by atoms with Crippen LogP contribution in [0, 0.1) is 17.6 Å². The molecule has 0 bridgehead atoms. The molecular weight excluding hydrogens is 276 g/mol. The summed E-state index contributed by atoms with van der Waals surface area (Å²) in [7, 11) is 0. The first kappa shape index (κ1) is 14.4. The zero-order valence-electron chi connectivity index (χ0n) is 11.8. The highest BCUT2D eigenvalue weighted by Gasteiger charge is 2.44. The summed E-state index contributed by atoms with van der Waals surface area (Å²) >= 11 is 0. The summed E-state index contributed by atoms with van der Waals surface area (Å²) in [6.45, 7) is 0.813. The first-order chi connectivity index (χ1) is 10.0. The number of halogens is 2. The number of hydrogen-bond acceptors (Lipinski definition) is 2. The lowest BCUT2D eigenvalue weighted by atomic mass is 9.71. The maximum atomic E-state index is 13.7. The Bertz CT molecular complexity index is 563. The van der Waals surface area contributed by atoms with E-state index in [-0.39, 0.29) is 11.5 Å². The van der Waals surface area contributed by atoms with Crippen LogP contribution in [-0.2, 0) is 0 Å². The topological polar surface area (TPSA) is 40.5 Å². The van der Waals surface area contributed by atoms with Gasteiger partial charge >= 0.3 is 0 Å². The molecule has 21 heavy (non-hydrogen) atoms. The van der Waals surface area contributed by atoms with Gasteiger partial charge in [-0.25, -0.2) is 8.78 Å². The van der Waals surface area contributed by atoms with Crippen molar-refractivity contribution in [3.05, 3.63) is 35.4 Å². The Kier molecular flexibility index (Phi) is 3.69. The molecule has 1 aromatic rings. The molecule has 0 spiro atoms. The van der Waals surface area contributed by atoms with Crippen LogP contribution in [0.25, 0.3) is 0 Å². The van der Waals surface area contributed by atoms with Crippen LogP contribution in [0.3, 0.4) is 0 Å². The fraction of sp³-hybridized carbons (Fsp3) is 0.562. The van der Waals surface area contributed by atoms with Crippen molar-refractivity contribution in [2.75, 3.05) is 13.1 Å². The van der Waals surface area contributed by atoms with Gasteiger partial charge < -0.3 is 10.0 Å². The Balaban J connectivity index is 1.79. The van der Waals surface area contributed by atoms with Gasteiger partial charge in [-0.15, -0.1) is 0 Å². The highest BCUT2D eigenvalue weighted by Crippen LogP contribution is 2.40. The Labute approximate surface area is 122 Å². The van der Waals surface area contributed by atoms with Gasteiger partial charge in [0.1, 0.15) is 0 Å². The van der Waals surface area contributed by atoms with E-state index in [0.29, 0.717) is 19.5 Å². The fourth-order valence-electron chi connectivity index (χ4n) is 3.59. The van der Waals surface area contributed by atoms with Gasteiger partial charge in [-0.3, -0.25) is 4.79 Å². The largest absolute Gasteiger partial charge is 0.389 e. The fourth-order valence-corrected chi connectivity index (χ4v) is 3.59. The molecule has 3 nitrogen and oxygen atoms in total. The number of aliphatic hydroxyl groups is 1. The van der Waals surface area contributed by atoms with Crippen LogP contribution < -0.4 is 0 Å². The van der Waals surface area contributed by atoms with E-state index in [1.165, 1.54) is 12.1 Å². The number of rotatable bonds is 1. The zero-order valence-corrected chi connectivity index (χ0v) is 11.8. The van der Waals surface area contributed by atoms with Gasteiger partial charge in [0.25, 0.3) is 5.91 Å². The van der Waals surface area contributed by atoms with Crippen LogP contribution in [0.4, 0.5) is 8.78 Å². The van der Waals surface area contributed by atoms with Gasteiger partial charge in [0.15, 0.2) is 11.6 Å². The Morgan fingerprint density at radius 2 is 2.10 bits per heavy atom. The van der Waals surface area contributed by atoms with Gasteiger partial charge in [0, 0.05) is 19.0 Å². The van der Waals surface area contributed by atoms with Crippen molar-refractivity contribution in [2.24, 2.45) is 5.92 Å². The Morgan fingerprint density at radius 1 is 1.29 bits per heavy atom. The summed E-state index contributed by atoms with van der Waals surface area (Å²) < 4.78 is 27.0. The van der Waals surface area contributed by atoms with Gasteiger partial charge in [-0.1, -0.05) is 18.9 Å². The van der Waals surface area contributed by atoms with Crippen LogP contribution in [0.1, 0.15) is 42.5 Å². The van der Waals surface area contributed by atoms with Crippen LogP contribution in [0.15, 0.2) is 18.2 Å². The number of fused-ring (bicyclic) bond motifs is 1.